The predicted octanol–water partition coefficient (Wildman–Crippen LogP) is 3.43. The molecule has 22 heavy (non-hydrogen) atoms. The van der Waals surface area contributed by atoms with E-state index < -0.39 is 0 Å². The van der Waals surface area contributed by atoms with Crippen molar-refractivity contribution in [2.45, 2.75) is 25.3 Å². The largest absolute Gasteiger partial charge is 0.324 e. The van der Waals surface area contributed by atoms with Crippen molar-refractivity contribution in [3.8, 4) is 0 Å². The summed E-state index contributed by atoms with van der Waals surface area (Å²) in [7, 11) is 2.00. The molecule has 1 aromatic rings. The monoisotopic (exact) mass is 365 g/mol. The lowest BCUT2D eigenvalue weighted by molar-refractivity contribution is -0.117. The Morgan fingerprint density at radius 2 is 2.14 bits per heavy atom. The van der Waals surface area contributed by atoms with Crippen LogP contribution in [0.4, 0.5) is 5.69 Å². The SMILES string of the molecule is CN(CC(=O)Nc1cc(Cl)ccc1Cl)C1CCCNCC1.Cl. The number of halogens is 3. The zero-order valence-electron chi connectivity index (χ0n) is 12.6. The molecular weight excluding hydrogens is 345 g/mol. The number of nitrogens with one attached hydrogen (secondary N) is 2. The molecule has 0 saturated carbocycles. The Morgan fingerprint density at radius 3 is 2.91 bits per heavy atom. The van der Waals surface area contributed by atoms with Gasteiger partial charge in [0.2, 0.25) is 5.91 Å². The molecule has 1 amide bonds. The molecule has 2 N–H and O–H groups in total. The number of nitrogens with zero attached hydrogens (tertiary/aromatic N) is 1. The highest BCUT2D eigenvalue weighted by Crippen LogP contribution is 2.25. The standard InChI is InChI=1S/C15H21Cl2N3O.ClH/c1-20(12-3-2-7-18-8-6-12)10-15(21)19-14-9-11(16)4-5-13(14)17;/h4-5,9,12,18H,2-3,6-8,10H2,1H3,(H,19,21);1H. The number of carbonyl (C=O) groups is 1. The number of benzene rings is 1. The second-order valence-corrected chi connectivity index (χ2v) is 6.27. The minimum Gasteiger partial charge on any atom is -0.324 e. The third kappa shape index (κ3) is 5.94. The van der Waals surface area contributed by atoms with Gasteiger partial charge in [0.05, 0.1) is 17.3 Å². The highest BCUT2D eigenvalue weighted by atomic mass is 35.5. The highest BCUT2D eigenvalue weighted by Gasteiger charge is 2.19. The molecule has 0 bridgehead atoms. The van der Waals surface area contributed by atoms with E-state index in [0.717, 1.165) is 32.4 Å². The van der Waals surface area contributed by atoms with Crippen molar-refractivity contribution in [1.29, 1.82) is 0 Å². The summed E-state index contributed by atoms with van der Waals surface area (Å²) in [5.41, 5.74) is 0.560. The van der Waals surface area contributed by atoms with Gasteiger partial charge in [0.1, 0.15) is 0 Å². The van der Waals surface area contributed by atoms with Gasteiger partial charge in [-0.3, -0.25) is 9.69 Å². The molecule has 2 rings (SSSR count). The van der Waals surface area contributed by atoms with Crippen LogP contribution in [-0.4, -0.2) is 43.5 Å². The number of amides is 1. The van der Waals surface area contributed by atoms with Crippen LogP contribution in [0.2, 0.25) is 10.0 Å². The van der Waals surface area contributed by atoms with E-state index in [2.05, 4.69) is 15.5 Å². The van der Waals surface area contributed by atoms with Gasteiger partial charge >= 0.3 is 0 Å². The van der Waals surface area contributed by atoms with Gasteiger partial charge in [-0.1, -0.05) is 23.2 Å². The minimum absolute atomic E-state index is 0. The Hall–Kier alpha value is -0.520. The maximum atomic E-state index is 12.1. The molecular formula is C15H22Cl3N3O. The molecule has 7 heteroatoms. The maximum Gasteiger partial charge on any atom is 0.238 e. The van der Waals surface area contributed by atoms with Crippen molar-refractivity contribution >= 4 is 47.2 Å². The van der Waals surface area contributed by atoms with Gasteiger partial charge in [0.15, 0.2) is 0 Å². The molecule has 1 heterocycles. The van der Waals surface area contributed by atoms with E-state index in [9.17, 15) is 4.79 Å². The Labute approximate surface area is 147 Å². The van der Waals surface area contributed by atoms with Crippen LogP contribution in [-0.2, 0) is 4.79 Å². The molecule has 0 radical (unpaired) electrons. The Balaban J connectivity index is 0.00000242. The van der Waals surface area contributed by atoms with Gasteiger partial charge in [0, 0.05) is 11.1 Å². The fraction of sp³-hybridized carbons (Fsp3) is 0.533. The first-order valence-corrected chi connectivity index (χ1v) is 7.97. The summed E-state index contributed by atoms with van der Waals surface area (Å²) < 4.78 is 0. The van der Waals surface area contributed by atoms with Gasteiger partial charge in [-0.15, -0.1) is 12.4 Å². The van der Waals surface area contributed by atoms with E-state index in [1.165, 1.54) is 0 Å². The van der Waals surface area contributed by atoms with E-state index in [0.29, 0.717) is 28.3 Å². The molecule has 1 unspecified atom stereocenters. The quantitative estimate of drug-likeness (QED) is 0.858. The van der Waals surface area contributed by atoms with Crippen molar-refractivity contribution in [2.75, 3.05) is 32.0 Å². The summed E-state index contributed by atoms with van der Waals surface area (Å²) in [6.07, 6.45) is 3.34. The van der Waals surface area contributed by atoms with Crippen LogP contribution < -0.4 is 10.6 Å². The predicted molar refractivity (Wildman–Crippen MR) is 95.5 cm³/mol. The minimum atomic E-state index is -0.0705. The molecule has 1 aliphatic rings. The van der Waals surface area contributed by atoms with E-state index in [1.54, 1.807) is 18.2 Å². The van der Waals surface area contributed by atoms with Crippen molar-refractivity contribution in [3.05, 3.63) is 28.2 Å². The summed E-state index contributed by atoms with van der Waals surface area (Å²) in [6, 6.07) is 5.49. The Kier molecular flexibility index (Phi) is 8.50. The van der Waals surface area contributed by atoms with Gasteiger partial charge in [0.25, 0.3) is 0 Å². The summed E-state index contributed by atoms with van der Waals surface area (Å²) in [5.74, 6) is -0.0705. The molecule has 124 valence electrons. The van der Waals surface area contributed by atoms with Gasteiger partial charge < -0.3 is 10.6 Å². The van der Waals surface area contributed by atoms with Crippen molar-refractivity contribution in [3.63, 3.8) is 0 Å². The summed E-state index contributed by atoms with van der Waals surface area (Å²) in [6.45, 7) is 2.43. The lowest BCUT2D eigenvalue weighted by Crippen LogP contribution is -2.38. The van der Waals surface area contributed by atoms with Gasteiger partial charge in [-0.05, 0) is 57.6 Å². The van der Waals surface area contributed by atoms with Crippen LogP contribution in [0.25, 0.3) is 0 Å². The van der Waals surface area contributed by atoms with Crippen molar-refractivity contribution < 1.29 is 4.79 Å². The number of hydrogen-bond acceptors (Lipinski definition) is 3. The Morgan fingerprint density at radius 1 is 1.36 bits per heavy atom. The van der Waals surface area contributed by atoms with Gasteiger partial charge in [-0.25, -0.2) is 0 Å². The average molecular weight is 367 g/mol. The van der Waals surface area contributed by atoms with E-state index in [1.807, 2.05) is 7.05 Å². The molecule has 0 aliphatic carbocycles. The first-order valence-electron chi connectivity index (χ1n) is 7.22. The number of hydrogen-bond donors (Lipinski definition) is 2. The lowest BCUT2D eigenvalue weighted by atomic mass is 10.1. The van der Waals surface area contributed by atoms with E-state index >= 15 is 0 Å². The third-order valence-electron chi connectivity index (χ3n) is 3.76. The van der Waals surface area contributed by atoms with Crippen LogP contribution in [0, 0.1) is 0 Å². The average Bonchev–Trinajstić information content (AvgIpc) is 2.72. The molecule has 1 saturated heterocycles. The van der Waals surface area contributed by atoms with E-state index in [4.69, 9.17) is 23.2 Å². The normalized spacial score (nSPS) is 18.5. The molecule has 1 atom stereocenters. The highest BCUT2D eigenvalue weighted by molar-refractivity contribution is 6.35. The number of rotatable bonds is 4. The smallest absolute Gasteiger partial charge is 0.238 e. The fourth-order valence-corrected chi connectivity index (χ4v) is 2.92. The molecule has 0 aromatic heterocycles. The van der Waals surface area contributed by atoms with Crippen LogP contribution in [0.3, 0.4) is 0 Å². The van der Waals surface area contributed by atoms with Crippen LogP contribution in [0.1, 0.15) is 19.3 Å². The second-order valence-electron chi connectivity index (χ2n) is 5.42. The molecule has 4 nitrogen and oxygen atoms in total. The van der Waals surface area contributed by atoms with Crippen molar-refractivity contribution in [1.82, 2.24) is 10.2 Å². The van der Waals surface area contributed by atoms with Gasteiger partial charge in [-0.2, -0.15) is 0 Å². The maximum absolute atomic E-state index is 12.1. The number of carbonyl (C=O) groups excluding carboxylic acids is 1. The molecule has 1 aliphatic heterocycles. The third-order valence-corrected chi connectivity index (χ3v) is 4.33. The zero-order chi connectivity index (χ0) is 15.2. The first kappa shape index (κ1) is 19.5. The van der Waals surface area contributed by atoms with Crippen LogP contribution >= 0.6 is 35.6 Å². The Bertz CT molecular complexity index is 491. The summed E-state index contributed by atoms with van der Waals surface area (Å²) in [5, 5.41) is 7.25. The van der Waals surface area contributed by atoms with E-state index in [-0.39, 0.29) is 18.3 Å². The molecule has 1 aromatic carbocycles. The fourth-order valence-electron chi connectivity index (χ4n) is 2.58. The number of anilines is 1. The molecule has 0 spiro atoms. The van der Waals surface area contributed by atoms with Crippen LogP contribution in [0.5, 0.6) is 0 Å². The first-order chi connectivity index (χ1) is 10.1. The summed E-state index contributed by atoms with van der Waals surface area (Å²) >= 11 is 12.0. The summed E-state index contributed by atoms with van der Waals surface area (Å²) in [4.78, 5) is 14.3. The topological polar surface area (TPSA) is 44.4 Å². The van der Waals surface area contributed by atoms with Crippen LogP contribution in [0.15, 0.2) is 18.2 Å². The number of likely N-dealkylation sites (N-methyl/N-ethyl adjacent to an activating group) is 1. The lowest BCUT2D eigenvalue weighted by Gasteiger charge is -2.26. The zero-order valence-corrected chi connectivity index (χ0v) is 14.9. The molecule has 1 fully saturated rings. The second kappa shape index (κ2) is 9.58. The van der Waals surface area contributed by atoms with Crippen molar-refractivity contribution in [2.24, 2.45) is 0 Å².